The number of hydrogen-bond donors (Lipinski definition) is 11. The smallest absolute Gasteiger partial charge is 0.337 e. The SMILES string of the molecule is O=C(NCCNC(=O)c1ccc(N=Nc2ccc3ccccc3c2O)nc1)c1ccc(N=Nc2ccc3ccccc3c2O)nc1.O=C(NCCNC(=O)c1ccc(N=Nc2ccc3ccccc3c2O)nc1)c1ccc(N=Nc2ccc3ccccc3c2O)nc1.O=C(O)c1ccc(N=Nc2ccc3ccccc3c2O)nc1.[CH2-]Oc1c(N=Nc2ccc(C(=O)O)cn2)ccc2ccccc12.[Ni].[Ni].[Ni]. The Hall–Kier alpha value is -18.2. The number of carboxylic acid groups (broad SMARTS) is 2. The van der Waals surface area contributed by atoms with Crippen LogP contribution in [-0.4, -0.2) is 127 Å². The number of aromatic carboxylic acids is 2. The number of benzene rings is 12. The van der Waals surface area contributed by atoms with Crippen molar-refractivity contribution in [2.75, 3.05) is 26.2 Å². The Labute approximate surface area is 824 Å². The van der Waals surface area contributed by atoms with Crippen molar-refractivity contribution in [2.45, 2.75) is 0 Å². The van der Waals surface area contributed by atoms with Crippen molar-refractivity contribution >= 4 is 169 Å². The maximum Gasteiger partial charge on any atom is 0.337 e. The summed E-state index contributed by atoms with van der Waals surface area (Å²) in [4.78, 5) is 96.0. The minimum atomic E-state index is -1.05. The molecule has 12 aromatic carbocycles. The molecule has 0 aliphatic heterocycles. The van der Waals surface area contributed by atoms with Gasteiger partial charge in [-0.05, 0) is 142 Å². The van der Waals surface area contributed by atoms with E-state index < -0.39 is 11.9 Å². The first-order valence-corrected chi connectivity index (χ1v) is 41.6. The van der Waals surface area contributed by atoms with Gasteiger partial charge in [0.05, 0.1) is 33.4 Å². The second-order valence-electron chi connectivity index (χ2n) is 29.3. The van der Waals surface area contributed by atoms with E-state index in [1.165, 1.54) is 61.4 Å². The first-order valence-electron chi connectivity index (χ1n) is 41.6. The minimum Gasteiger partial charge on any atom is -0.664 e. The molecule has 18 rings (SSSR count). The molecule has 11 N–H and O–H groups in total. The molecule has 704 valence electrons. The first-order chi connectivity index (χ1) is 66.7. The number of phenolic OH excluding ortho intramolecular Hbond substituents is 5. The number of azo groups is 6. The van der Waals surface area contributed by atoms with Crippen LogP contribution in [0.15, 0.2) is 390 Å². The van der Waals surface area contributed by atoms with E-state index in [-0.39, 0.29) is 168 Å². The van der Waals surface area contributed by atoms with Gasteiger partial charge >= 0.3 is 11.9 Å². The van der Waals surface area contributed by atoms with Crippen molar-refractivity contribution in [3.05, 3.63) is 369 Å². The Morgan fingerprint density at radius 2 is 0.421 bits per heavy atom. The van der Waals surface area contributed by atoms with Gasteiger partial charge in [0, 0.05) is 145 Å². The molecule has 36 nitrogen and oxygen atoms in total. The summed E-state index contributed by atoms with van der Waals surface area (Å²) in [7, 11) is 3.47. The summed E-state index contributed by atoms with van der Waals surface area (Å²) in [5.41, 5.74) is 3.47. The van der Waals surface area contributed by atoms with E-state index in [9.17, 15) is 54.3 Å². The number of carboxylic acids is 2. The average molecular weight is 2000 g/mol. The molecule has 0 aliphatic carbocycles. The standard InChI is InChI=1S/2C34H26N8O4.C17H12N3O3.C16H11N3O3.3Ni/c2*43-31-25-7-3-1-5-21(25)9-13-27(31)39-41-29-15-11-23(19-37-29)33(45)35-17-18-36-34(46)24-12-16-30(38-20-24)42-40-28-14-10-22-6-2-4-8-26(22)32(28)44;1-23-16-13-5-3-2-4-11(13)6-8-14(16)19-20-15-9-7-12(10-18-15)17(21)22;20-15-12-4-2-1-3-10(12)5-7-13(15)18-19-14-8-6-11(9-17-14)16(21)22;;;/h2*1-16,19-20,43-44H,17-18H2,(H,35,45)(H,36,46);2-10H,1H2,(H,21,22);1-9,20H,(H,21,22);;;/q;;-1;;;;. The Bertz CT molecular complexity index is 7140. The Morgan fingerprint density at radius 1 is 0.236 bits per heavy atom. The summed E-state index contributed by atoms with van der Waals surface area (Å²) in [5.74, 6) is -1.25. The third kappa shape index (κ3) is 25.8. The van der Waals surface area contributed by atoms with Gasteiger partial charge < -0.3 is 61.7 Å². The van der Waals surface area contributed by atoms with Crippen LogP contribution < -0.4 is 26.0 Å². The molecule has 0 unspecified atom stereocenters. The molecule has 4 amide bonds. The van der Waals surface area contributed by atoms with Crippen molar-refractivity contribution < 1.29 is 119 Å². The third-order valence-corrected chi connectivity index (χ3v) is 20.4. The maximum atomic E-state index is 12.5. The topological polar surface area (TPSA) is 527 Å². The minimum absolute atomic E-state index is 0. The van der Waals surface area contributed by atoms with E-state index in [0.717, 1.165) is 37.7 Å². The van der Waals surface area contributed by atoms with E-state index in [1.807, 2.05) is 152 Å². The molecular formula is C101H75N22Ni3O14-. The van der Waals surface area contributed by atoms with Gasteiger partial charge in [0.15, 0.2) is 63.7 Å². The largest absolute Gasteiger partial charge is 0.664 e. The average Bonchev–Trinajstić information content (AvgIpc) is 0.822. The number of fused-ring (bicyclic) bond motifs is 6. The van der Waals surface area contributed by atoms with E-state index in [2.05, 4.69) is 120 Å². The number of nitrogens with one attached hydrogen (secondary N) is 4. The van der Waals surface area contributed by atoms with Gasteiger partial charge in [-0.15, -0.1) is 61.4 Å². The molecule has 0 saturated carbocycles. The van der Waals surface area contributed by atoms with Crippen LogP contribution in [0.5, 0.6) is 34.5 Å². The molecule has 0 radical (unpaired) electrons. The van der Waals surface area contributed by atoms with E-state index >= 15 is 0 Å². The van der Waals surface area contributed by atoms with Crippen molar-refractivity contribution in [2.24, 2.45) is 61.4 Å². The zero-order valence-corrected chi connectivity index (χ0v) is 75.7. The summed E-state index contributed by atoms with van der Waals surface area (Å²) in [5, 5.41) is 139. The van der Waals surface area contributed by atoms with Crippen LogP contribution >= 0.6 is 0 Å². The molecule has 0 fully saturated rings. The summed E-state index contributed by atoms with van der Waals surface area (Å²) >= 11 is 0. The number of carbonyl (C=O) groups is 6. The molecule has 0 spiro atoms. The molecule has 39 heteroatoms. The fourth-order valence-electron chi connectivity index (χ4n) is 13.3. The van der Waals surface area contributed by atoms with Crippen molar-refractivity contribution in [3.63, 3.8) is 0 Å². The number of carbonyl (C=O) groups excluding carboxylic acids is 4. The number of ether oxygens (including phenoxy) is 1. The number of amides is 4. The second kappa shape index (κ2) is 48.6. The molecule has 0 atom stereocenters. The predicted octanol–water partition coefficient (Wildman–Crippen LogP) is 22.9. The third-order valence-electron chi connectivity index (χ3n) is 20.4. The molecule has 0 saturated heterocycles. The molecule has 0 aliphatic rings. The van der Waals surface area contributed by atoms with E-state index in [4.69, 9.17) is 14.9 Å². The van der Waals surface area contributed by atoms with Gasteiger partial charge in [0.25, 0.3) is 23.6 Å². The Morgan fingerprint density at radius 3 is 0.621 bits per heavy atom. The predicted molar refractivity (Wildman–Crippen MR) is 512 cm³/mol. The van der Waals surface area contributed by atoms with Crippen molar-refractivity contribution in [1.82, 2.24) is 51.2 Å². The molecule has 6 aromatic heterocycles. The van der Waals surface area contributed by atoms with Crippen LogP contribution in [0.25, 0.3) is 64.6 Å². The molecular weight excluding hydrogens is 1920 g/mol. The van der Waals surface area contributed by atoms with Crippen LogP contribution in [0.4, 0.5) is 69.0 Å². The number of aromatic nitrogens is 6. The fourth-order valence-corrected chi connectivity index (χ4v) is 13.3. The monoisotopic (exact) mass is 1990 g/mol. The number of phenols is 5. The van der Waals surface area contributed by atoms with Crippen LogP contribution in [0, 0.1) is 7.11 Å². The van der Waals surface area contributed by atoms with Crippen molar-refractivity contribution in [3.8, 4) is 34.5 Å². The van der Waals surface area contributed by atoms with Gasteiger partial charge in [-0.1, -0.05) is 182 Å². The van der Waals surface area contributed by atoms with Crippen LogP contribution in [-0.2, 0) is 49.5 Å². The summed E-state index contributed by atoms with van der Waals surface area (Å²) in [6.07, 6.45) is 7.92. The van der Waals surface area contributed by atoms with Gasteiger partial charge in [-0.2, -0.15) is 7.11 Å². The second-order valence-corrected chi connectivity index (χ2v) is 29.3. The molecule has 140 heavy (non-hydrogen) atoms. The summed E-state index contributed by atoms with van der Waals surface area (Å²) < 4.78 is 5.20. The van der Waals surface area contributed by atoms with E-state index in [0.29, 0.717) is 94.9 Å². The number of aromatic hydroxyl groups is 5. The summed E-state index contributed by atoms with van der Waals surface area (Å²) in [6, 6.07) is 84.1. The first kappa shape index (κ1) is 101. The number of pyridine rings is 6. The number of hydrogen-bond acceptors (Lipinski definition) is 30. The Kier molecular flexibility index (Phi) is 35.0. The maximum absolute atomic E-state index is 12.5. The normalized spacial score (nSPS) is 11.0. The quantitative estimate of drug-likeness (QED) is 0.0110. The zero-order chi connectivity index (χ0) is 95.5. The Balaban J connectivity index is 0.000000174. The van der Waals surface area contributed by atoms with E-state index in [1.54, 1.807) is 115 Å². The molecule has 18 aromatic rings. The van der Waals surface area contributed by atoms with Gasteiger partial charge in [-0.3, -0.25) is 19.2 Å². The summed E-state index contributed by atoms with van der Waals surface area (Å²) in [6.45, 7) is 0.731. The van der Waals surface area contributed by atoms with Crippen LogP contribution in [0.1, 0.15) is 62.1 Å². The zero-order valence-electron chi connectivity index (χ0n) is 72.7. The fraction of sp³-hybridized carbons (Fsp3) is 0.0396. The number of nitrogens with zero attached hydrogens (tertiary/aromatic N) is 18. The van der Waals surface area contributed by atoms with Crippen LogP contribution in [0.2, 0.25) is 0 Å². The van der Waals surface area contributed by atoms with Crippen LogP contribution in [0.3, 0.4) is 0 Å². The van der Waals surface area contributed by atoms with Gasteiger partial charge in [0.1, 0.15) is 39.9 Å². The van der Waals surface area contributed by atoms with Crippen molar-refractivity contribution in [1.29, 1.82) is 0 Å². The molecule has 0 bridgehead atoms. The van der Waals surface area contributed by atoms with Gasteiger partial charge in [0.2, 0.25) is 0 Å². The number of rotatable bonds is 25. The van der Waals surface area contributed by atoms with Gasteiger partial charge in [-0.25, -0.2) is 39.5 Å². The molecule has 6 heterocycles.